The van der Waals surface area contributed by atoms with Crippen LogP contribution in [0.3, 0.4) is 0 Å². The first-order valence-electron chi connectivity index (χ1n) is 11.1. The molecule has 1 aliphatic carbocycles. The molecule has 1 N–H and O–H groups in total. The second-order valence-corrected chi connectivity index (χ2v) is 11.8. The molecule has 2 aliphatic rings. The van der Waals surface area contributed by atoms with Gasteiger partial charge in [0.15, 0.2) is 0 Å². The summed E-state index contributed by atoms with van der Waals surface area (Å²) in [5, 5.41) is 2.68. The van der Waals surface area contributed by atoms with E-state index in [0.29, 0.717) is 15.0 Å². The fourth-order valence-electron chi connectivity index (χ4n) is 4.82. The second-order valence-electron chi connectivity index (χ2n) is 10.1. The Balaban J connectivity index is 1.93. The minimum absolute atomic E-state index is 0.103. The first-order valence-corrected chi connectivity index (χ1v) is 12.4. The van der Waals surface area contributed by atoms with Crippen molar-refractivity contribution < 1.29 is 14.3 Å². The van der Waals surface area contributed by atoms with Crippen LogP contribution in [0.1, 0.15) is 62.8 Å². The van der Waals surface area contributed by atoms with Crippen LogP contribution >= 0.6 is 24.0 Å². The van der Waals surface area contributed by atoms with Crippen molar-refractivity contribution in [1.29, 1.82) is 0 Å². The Morgan fingerprint density at radius 1 is 0.939 bits per heavy atom. The minimum atomic E-state index is -0.182. The van der Waals surface area contributed by atoms with Crippen LogP contribution in [0.25, 0.3) is 17.2 Å². The average molecular weight is 482 g/mol. The molecule has 0 spiro atoms. The zero-order valence-corrected chi connectivity index (χ0v) is 22.0. The van der Waals surface area contributed by atoms with Gasteiger partial charge >= 0.3 is 0 Å². The molecule has 33 heavy (non-hydrogen) atoms. The molecule has 1 amide bonds. The van der Waals surface area contributed by atoms with E-state index >= 15 is 0 Å². The van der Waals surface area contributed by atoms with Crippen LogP contribution in [0.5, 0.6) is 11.5 Å². The monoisotopic (exact) mass is 481 g/mol. The number of rotatable bonds is 4. The van der Waals surface area contributed by atoms with E-state index in [4.69, 9.17) is 21.7 Å². The molecule has 4 rings (SSSR count). The van der Waals surface area contributed by atoms with Crippen LogP contribution in [0.15, 0.2) is 29.2 Å². The molecule has 0 bridgehead atoms. The highest BCUT2D eigenvalue weighted by Gasteiger charge is 2.37. The lowest BCUT2D eigenvalue weighted by Gasteiger charge is -2.42. The number of thioether (sulfide) groups is 1. The first-order chi connectivity index (χ1) is 15.5. The highest BCUT2D eigenvalue weighted by Crippen LogP contribution is 2.49. The van der Waals surface area contributed by atoms with Crippen LogP contribution in [0.4, 0.5) is 0 Å². The molecule has 0 radical (unpaired) electrons. The molecule has 0 unspecified atom stereocenters. The third-order valence-electron chi connectivity index (χ3n) is 6.97. The normalized spacial score (nSPS) is 19.9. The van der Waals surface area contributed by atoms with E-state index in [2.05, 4.69) is 58.1 Å². The highest BCUT2D eigenvalue weighted by atomic mass is 32.2. The lowest BCUT2D eigenvalue weighted by molar-refractivity contribution is -0.115. The fourth-order valence-corrected chi connectivity index (χ4v) is 5.86. The number of hydrogen-bond acceptors (Lipinski definition) is 5. The summed E-state index contributed by atoms with van der Waals surface area (Å²) in [6.07, 6.45) is 4.16. The predicted octanol–water partition coefficient (Wildman–Crippen LogP) is 6.52. The molecule has 4 nitrogen and oxygen atoms in total. The van der Waals surface area contributed by atoms with E-state index in [1.54, 1.807) is 14.2 Å². The maximum absolute atomic E-state index is 12.3. The standard InChI is InChI=1S/C27H31NO3S2/c1-15-10-19-20(27(4,5)9-8-26(19,2)3)13-17(15)18-11-16(21(30-6)14-22(18)31-7)12-23-24(29)28-25(32)33-23/h10-14H,8-9H2,1-7H3,(H,28,29,32). The summed E-state index contributed by atoms with van der Waals surface area (Å²) in [5.41, 5.74) is 7.22. The summed E-state index contributed by atoms with van der Waals surface area (Å²) in [6, 6.07) is 8.65. The number of ether oxygens (including phenoxy) is 2. The van der Waals surface area contributed by atoms with E-state index in [0.717, 1.165) is 28.9 Å². The summed E-state index contributed by atoms with van der Waals surface area (Å²) in [4.78, 5) is 12.8. The van der Waals surface area contributed by atoms with Gasteiger partial charge in [0.25, 0.3) is 5.91 Å². The van der Waals surface area contributed by atoms with Crippen molar-refractivity contribution in [3.05, 3.63) is 51.4 Å². The summed E-state index contributed by atoms with van der Waals surface area (Å²) in [5.74, 6) is 1.20. The van der Waals surface area contributed by atoms with Gasteiger partial charge in [0.05, 0.1) is 19.1 Å². The molecule has 6 heteroatoms. The second kappa shape index (κ2) is 8.48. The summed E-state index contributed by atoms with van der Waals surface area (Å²) < 4.78 is 11.9. The Labute approximate surface area is 206 Å². The molecule has 0 saturated carbocycles. The number of benzene rings is 2. The Hall–Kier alpha value is -2.31. The maximum Gasteiger partial charge on any atom is 0.263 e. The van der Waals surface area contributed by atoms with Crippen LogP contribution in [-0.2, 0) is 15.6 Å². The van der Waals surface area contributed by atoms with Crippen molar-refractivity contribution in [3.8, 4) is 22.6 Å². The number of amides is 1. The van der Waals surface area contributed by atoms with Gasteiger partial charge in [0.2, 0.25) is 0 Å². The Morgan fingerprint density at radius 3 is 2.09 bits per heavy atom. The van der Waals surface area contributed by atoms with Crippen LogP contribution in [0, 0.1) is 6.92 Å². The van der Waals surface area contributed by atoms with E-state index < -0.39 is 0 Å². The number of nitrogens with one attached hydrogen (secondary N) is 1. The molecule has 0 atom stereocenters. The van der Waals surface area contributed by atoms with Gasteiger partial charge < -0.3 is 14.8 Å². The number of thiocarbonyl (C=S) groups is 1. The van der Waals surface area contributed by atoms with Crippen molar-refractivity contribution in [2.75, 3.05) is 14.2 Å². The van der Waals surface area contributed by atoms with Crippen molar-refractivity contribution >= 4 is 40.3 Å². The van der Waals surface area contributed by atoms with Crippen molar-refractivity contribution in [3.63, 3.8) is 0 Å². The first kappa shape index (κ1) is 23.8. The topological polar surface area (TPSA) is 47.6 Å². The maximum atomic E-state index is 12.3. The average Bonchev–Trinajstić information content (AvgIpc) is 3.07. The summed E-state index contributed by atoms with van der Waals surface area (Å²) >= 11 is 6.41. The molecule has 1 fully saturated rings. The van der Waals surface area contributed by atoms with E-state index in [1.165, 1.54) is 34.9 Å². The number of fused-ring (bicyclic) bond motifs is 1. The van der Waals surface area contributed by atoms with E-state index in [-0.39, 0.29) is 16.7 Å². The molecule has 2 aromatic rings. The van der Waals surface area contributed by atoms with Gasteiger partial charge in [-0.3, -0.25) is 4.79 Å². The molecule has 1 heterocycles. The van der Waals surface area contributed by atoms with Crippen LogP contribution < -0.4 is 14.8 Å². The third kappa shape index (κ3) is 4.31. The van der Waals surface area contributed by atoms with Gasteiger partial charge in [-0.2, -0.15) is 0 Å². The number of hydrogen-bond donors (Lipinski definition) is 1. The zero-order chi connectivity index (χ0) is 24.1. The van der Waals surface area contributed by atoms with Crippen molar-refractivity contribution in [1.82, 2.24) is 5.32 Å². The van der Waals surface area contributed by atoms with Crippen LogP contribution in [-0.4, -0.2) is 24.4 Å². The van der Waals surface area contributed by atoms with Crippen LogP contribution in [0.2, 0.25) is 0 Å². The quantitative estimate of drug-likeness (QED) is 0.398. The minimum Gasteiger partial charge on any atom is -0.496 e. The Kier molecular flexibility index (Phi) is 6.12. The van der Waals surface area contributed by atoms with Gasteiger partial charge in [0, 0.05) is 17.2 Å². The zero-order valence-electron chi connectivity index (χ0n) is 20.3. The molecule has 0 aromatic heterocycles. The summed E-state index contributed by atoms with van der Waals surface area (Å²) in [6.45, 7) is 11.5. The third-order valence-corrected chi connectivity index (χ3v) is 8.13. The highest BCUT2D eigenvalue weighted by molar-refractivity contribution is 8.26. The van der Waals surface area contributed by atoms with Gasteiger partial charge in [-0.25, -0.2) is 0 Å². The number of methoxy groups -OCH3 is 2. The molecular weight excluding hydrogens is 450 g/mol. The van der Waals surface area contributed by atoms with Crippen molar-refractivity contribution in [2.45, 2.75) is 58.3 Å². The summed E-state index contributed by atoms with van der Waals surface area (Å²) in [7, 11) is 3.30. The number of carbonyl (C=O) groups is 1. The van der Waals surface area contributed by atoms with Gasteiger partial charge in [-0.1, -0.05) is 57.7 Å². The number of aryl methyl sites for hydroxylation is 1. The van der Waals surface area contributed by atoms with Gasteiger partial charge in [-0.05, 0) is 71.1 Å². The smallest absolute Gasteiger partial charge is 0.263 e. The SMILES string of the molecule is COc1cc(OC)c(-c2cc3c(cc2C)C(C)(C)CCC3(C)C)cc1C=C1SC(=S)NC1=O. The predicted molar refractivity (Wildman–Crippen MR) is 141 cm³/mol. The van der Waals surface area contributed by atoms with E-state index in [1.807, 2.05) is 12.1 Å². The van der Waals surface area contributed by atoms with Gasteiger partial charge in [-0.15, -0.1) is 0 Å². The Bertz CT molecular complexity index is 1190. The molecule has 1 aliphatic heterocycles. The molecule has 174 valence electrons. The lowest BCUT2D eigenvalue weighted by Crippen LogP contribution is -2.34. The Morgan fingerprint density at radius 2 is 1.55 bits per heavy atom. The lowest BCUT2D eigenvalue weighted by atomic mass is 9.62. The van der Waals surface area contributed by atoms with E-state index in [9.17, 15) is 4.79 Å². The largest absolute Gasteiger partial charge is 0.496 e. The van der Waals surface area contributed by atoms with Crippen molar-refractivity contribution in [2.24, 2.45) is 0 Å². The fraction of sp³-hybridized carbons (Fsp3) is 0.407. The van der Waals surface area contributed by atoms with Gasteiger partial charge in [0.1, 0.15) is 15.8 Å². The molecular formula is C27H31NO3S2. The number of carbonyl (C=O) groups excluding carboxylic acids is 1. The molecule has 1 saturated heterocycles. The molecule has 2 aromatic carbocycles.